The quantitative estimate of drug-likeness (QED) is 0.522. The van der Waals surface area contributed by atoms with Crippen molar-refractivity contribution in [2.75, 3.05) is 6.54 Å². The lowest BCUT2D eigenvalue weighted by Gasteiger charge is -2.22. The molecule has 1 unspecified atom stereocenters. The molecule has 0 aliphatic carbocycles. The van der Waals surface area contributed by atoms with Crippen LogP contribution in [0.25, 0.3) is 0 Å². The van der Waals surface area contributed by atoms with E-state index in [4.69, 9.17) is 0 Å². The van der Waals surface area contributed by atoms with Crippen LogP contribution in [0, 0.1) is 9.39 Å². The third-order valence-corrected chi connectivity index (χ3v) is 5.10. The molecule has 2 rings (SSSR count). The first kappa shape index (κ1) is 16.4. The lowest BCUT2D eigenvalue weighted by molar-refractivity contribution is 0.609. The topological polar surface area (TPSA) is 12.0 Å². The van der Waals surface area contributed by atoms with Crippen molar-refractivity contribution in [2.45, 2.75) is 13.0 Å². The molecule has 1 nitrogen and oxygen atoms in total. The molecule has 2 aromatic carbocycles. The highest BCUT2D eigenvalue weighted by Crippen LogP contribution is 2.33. The van der Waals surface area contributed by atoms with Crippen LogP contribution in [-0.2, 0) is 0 Å². The lowest BCUT2D eigenvalue weighted by Crippen LogP contribution is -2.23. The summed E-state index contributed by atoms with van der Waals surface area (Å²) in [6.07, 6.45) is 0. The van der Waals surface area contributed by atoms with Gasteiger partial charge >= 0.3 is 0 Å². The van der Waals surface area contributed by atoms with Crippen LogP contribution in [0.3, 0.4) is 0 Å². The van der Waals surface area contributed by atoms with Crippen LogP contribution in [0.15, 0.2) is 45.3 Å². The van der Waals surface area contributed by atoms with Gasteiger partial charge < -0.3 is 5.32 Å². The van der Waals surface area contributed by atoms with E-state index in [1.54, 1.807) is 6.07 Å². The highest BCUT2D eigenvalue weighted by atomic mass is 127. The average Bonchev–Trinajstić information content (AvgIpc) is 2.40. The summed E-state index contributed by atoms with van der Waals surface area (Å²) in [6, 6.07) is 11.0. The lowest BCUT2D eigenvalue weighted by atomic mass is 9.98. The zero-order valence-electron chi connectivity index (χ0n) is 10.8. The van der Waals surface area contributed by atoms with Gasteiger partial charge in [0.25, 0.3) is 0 Å². The summed E-state index contributed by atoms with van der Waals surface area (Å²) in [6.45, 7) is 2.90. The SMILES string of the molecule is CCNC(c1cc(Br)ccc1Br)c1ccc(F)cc1I. The van der Waals surface area contributed by atoms with Crippen molar-refractivity contribution in [3.05, 3.63) is 65.9 Å². The van der Waals surface area contributed by atoms with Crippen LogP contribution in [0.2, 0.25) is 0 Å². The molecule has 0 saturated carbocycles. The van der Waals surface area contributed by atoms with E-state index in [1.807, 2.05) is 18.2 Å². The van der Waals surface area contributed by atoms with E-state index in [0.29, 0.717) is 0 Å². The fourth-order valence-electron chi connectivity index (χ4n) is 2.06. The Balaban J connectivity index is 2.53. The number of halogens is 4. The maximum absolute atomic E-state index is 13.3. The molecule has 106 valence electrons. The van der Waals surface area contributed by atoms with Gasteiger partial charge in [-0.1, -0.05) is 44.8 Å². The molecule has 0 aromatic heterocycles. The molecule has 5 heteroatoms. The monoisotopic (exact) mass is 511 g/mol. The molecular formula is C15H13Br2FIN. The third-order valence-electron chi connectivity index (χ3n) is 2.95. The van der Waals surface area contributed by atoms with Crippen LogP contribution in [-0.4, -0.2) is 6.54 Å². The Bertz CT molecular complexity index is 619. The molecule has 0 bridgehead atoms. The van der Waals surface area contributed by atoms with Crippen LogP contribution in [0.1, 0.15) is 24.1 Å². The molecule has 20 heavy (non-hydrogen) atoms. The number of nitrogens with one attached hydrogen (secondary N) is 1. The van der Waals surface area contributed by atoms with E-state index < -0.39 is 0 Å². The van der Waals surface area contributed by atoms with E-state index in [9.17, 15) is 4.39 Å². The van der Waals surface area contributed by atoms with E-state index in [-0.39, 0.29) is 11.9 Å². The zero-order chi connectivity index (χ0) is 14.7. The maximum atomic E-state index is 13.3. The molecule has 1 N–H and O–H groups in total. The first-order valence-corrected chi connectivity index (χ1v) is 8.82. The van der Waals surface area contributed by atoms with Gasteiger partial charge in [0.2, 0.25) is 0 Å². The molecule has 0 heterocycles. The van der Waals surface area contributed by atoms with Gasteiger partial charge in [0.15, 0.2) is 0 Å². The van der Waals surface area contributed by atoms with Crippen LogP contribution in [0.4, 0.5) is 4.39 Å². The largest absolute Gasteiger partial charge is 0.306 e. The Morgan fingerprint density at radius 2 is 1.90 bits per heavy atom. The van der Waals surface area contributed by atoms with Crippen molar-refractivity contribution < 1.29 is 4.39 Å². The Morgan fingerprint density at radius 1 is 1.15 bits per heavy atom. The maximum Gasteiger partial charge on any atom is 0.124 e. The van der Waals surface area contributed by atoms with Gasteiger partial charge in [0.05, 0.1) is 6.04 Å². The Morgan fingerprint density at radius 3 is 2.55 bits per heavy atom. The van der Waals surface area contributed by atoms with Crippen LogP contribution < -0.4 is 5.32 Å². The minimum Gasteiger partial charge on any atom is -0.306 e. The van der Waals surface area contributed by atoms with Gasteiger partial charge in [0.1, 0.15) is 5.82 Å². The summed E-state index contributed by atoms with van der Waals surface area (Å²) >= 11 is 9.29. The molecule has 2 aromatic rings. The minimum atomic E-state index is -0.207. The molecule has 0 spiro atoms. The second-order valence-corrected chi connectivity index (χ2v) is 7.25. The Labute approximate surface area is 148 Å². The van der Waals surface area contributed by atoms with E-state index >= 15 is 0 Å². The summed E-state index contributed by atoms with van der Waals surface area (Å²) < 4.78 is 16.3. The Kier molecular flexibility index (Phi) is 6.01. The first-order valence-electron chi connectivity index (χ1n) is 6.16. The fraction of sp³-hybridized carbons (Fsp3) is 0.200. The molecule has 0 saturated heterocycles. The van der Waals surface area contributed by atoms with Crippen molar-refractivity contribution >= 4 is 54.5 Å². The molecule has 0 radical (unpaired) electrons. The van der Waals surface area contributed by atoms with E-state index in [0.717, 1.165) is 30.2 Å². The summed E-state index contributed by atoms with van der Waals surface area (Å²) in [7, 11) is 0. The number of benzene rings is 2. The fourth-order valence-corrected chi connectivity index (χ4v) is 3.71. The van der Waals surface area contributed by atoms with Gasteiger partial charge in [-0.2, -0.15) is 0 Å². The highest BCUT2D eigenvalue weighted by molar-refractivity contribution is 14.1. The summed E-state index contributed by atoms with van der Waals surface area (Å²) in [5.41, 5.74) is 2.21. The standard InChI is InChI=1S/C15H13Br2FIN/c1-2-20-15(11-5-4-10(18)8-14(11)19)12-7-9(16)3-6-13(12)17/h3-8,15,20H,2H2,1H3. The van der Waals surface area contributed by atoms with Crippen molar-refractivity contribution in [3.63, 3.8) is 0 Å². The number of hydrogen-bond acceptors (Lipinski definition) is 1. The molecule has 0 amide bonds. The molecule has 1 atom stereocenters. The van der Waals surface area contributed by atoms with Gasteiger partial charge in [-0.15, -0.1) is 0 Å². The van der Waals surface area contributed by atoms with Gasteiger partial charge in [-0.3, -0.25) is 0 Å². The normalized spacial score (nSPS) is 12.4. The second kappa shape index (κ2) is 7.33. The van der Waals surface area contributed by atoms with Gasteiger partial charge in [-0.05, 0) is 70.6 Å². The predicted molar refractivity (Wildman–Crippen MR) is 96.5 cm³/mol. The number of rotatable bonds is 4. The molecular weight excluding hydrogens is 500 g/mol. The zero-order valence-corrected chi connectivity index (χ0v) is 16.1. The predicted octanol–water partition coefficient (Wildman–Crippen LogP) is 5.65. The smallest absolute Gasteiger partial charge is 0.124 e. The second-order valence-electron chi connectivity index (χ2n) is 4.32. The minimum absolute atomic E-state index is 0.0272. The molecule has 0 fully saturated rings. The summed E-state index contributed by atoms with van der Waals surface area (Å²) in [5.74, 6) is -0.207. The van der Waals surface area contributed by atoms with Gasteiger partial charge in [-0.25, -0.2) is 4.39 Å². The first-order chi connectivity index (χ1) is 9.52. The van der Waals surface area contributed by atoms with Crippen molar-refractivity contribution in [1.29, 1.82) is 0 Å². The van der Waals surface area contributed by atoms with E-state index in [1.165, 1.54) is 6.07 Å². The van der Waals surface area contributed by atoms with Gasteiger partial charge in [0, 0.05) is 12.5 Å². The van der Waals surface area contributed by atoms with Crippen LogP contribution in [0.5, 0.6) is 0 Å². The van der Waals surface area contributed by atoms with E-state index in [2.05, 4.69) is 72.8 Å². The molecule has 0 aliphatic heterocycles. The number of hydrogen-bond donors (Lipinski definition) is 1. The highest BCUT2D eigenvalue weighted by Gasteiger charge is 2.19. The molecule has 0 aliphatic rings. The van der Waals surface area contributed by atoms with Crippen LogP contribution >= 0.6 is 54.5 Å². The summed E-state index contributed by atoms with van der Waals surface area (Å²) in [4.78, 5) is 0. The van der Waals surface area contributed by atoms with Crippen molar-refractivity contribution in [1.82, 2.24) is 5.32 Å². The van der Waals surface area contributed by atoms with Crippen molar-refractivity contribution in [3.8, 4) is 0 Å². The average molecular weight is 513 g/mol. The summed E-state index contributed by atoms with van der Waals surface area (Å²) in [5, 5.41) is 3.47. The van der Waals surface area contributed by atoms with Crippen molar-refractivity contribution in [2.24, 2.45) is 0 Å². The third kappa shape index (κ3) is 3.81. The Hall–Kier alpha value is 0.0200.